The molecule has 0 bridgehead atoms. The SMILES string of the molecule is CC1(C)Cc2c(-c3cc(NC(=O)[C@@H]4C[C@H]5C[C@H]([SiH3])C[C@H]5C4)ncc3Cl)cc(C#N)n2C1. The summed E-state index contributed by atoms with van der Waals surface area (Å²) in [5, 5.41) is 13.2. The van der Waals surface area contributed by atoms with Gasteiger partial charge in [0.25, 0.3) is 0 Å². The molecule has 31 heavy (non-hydrogen) atoms. The number of aromatic nitrogens is 2. The third-order valence-electron chi connectivity index (χ3n) is 7.57. The Kier molecular flexibility index (Phi) is 5.02. The van der Waals surface area contributed by atoms with Crippen LogP contribution in [-0.2, 0) is 17.8 Å². The molecule has 0 radical (unpaired) electrons. The number of nitriles is 1. The molecule has 2 fully saturated rings. The van der Waals surface area contributed by atoms with Gasteiger partial charge in [0, 0.05) is 45.7 Å². The predicted molar refractivity (Wildman–Crippen MR) is 126 cm³/mol. The maximum atomic E-state index is 13.0. The highest BCUT2D eigenvalue weighted by Crippen LogP contribution is 2.50. The van der Waals surface area contributed by atoms with Crippen molar-refractivity contribution in [2.24, 2.45) is 23.2 Å². The van der Waals surface area contributed by atoms with Gasteiger partial charge in [-0.25, -0.2) is 4.98 Å². The highest BCUT2D eigenvalue weighted by molar-refractivity contribution is 6.33. The Morgan fingerprint density at radius 2 is 1.97 bits per heavy atom. The fraction of sp³-hybridized carbons (Fsp3) is 0.542. The highest BCUT2D eigenvalue weighted by atomic mass is 35.5. The molecule has 2 aromatic heterocycles. The molecule has 4 atom stereocenters. The molecular formula is C24H29ClN4OSi. The van der Waals surface area contributed by atoms with Crippen molar-refractivity contribution in [2.45, 2.75) is 58.0 Å². The Hall–Kier alpha value is -2.10. The zero-order valence-corrected chi connectivity index (χ0v) is 21.2. The van der Waals surface area contributed by atoms with E-state index in [1.165, 1.54) is 23.1 Å². The molecule has 1 aliphatic heterocycles. The molecule has 2 aliphatic carbocycles. The van der Waals surface area contributed by atoms with E-state index in [9.17, 15) is 10.1 Å². The minimum Gasteiger partial charge on any atom is -0.335 e. The summed E-state index contributed by atoms with van der Waals surface area (Å²) in [7, 11) is 1.28. The summed E-state index contributed by atoms with van der Waals surface area (Å²) >= 11 is 6.53. The van der Waals surface area contributed by atoms with Crippen molar-refractivity contribution < 1.29 is 4.79 Å². The summed E-state index contributed by atoms with van der Waals surface area (Å²) in [6.45, 7) is 5.25. The van der Waals surface area contributed by atoms with Crippen LogP contribution in [0.25, 0.3) is 11.1 Å². The number of hydrogen-bond donors (Lipinski definition) is 1. The zero-order valence-electron chi connectivity index (χ0n) is 18.4. The lowest BCUT2D eigenvalue weighted by molar-refractivity contribution is -0.119. The van der Waals surface area contributed by atoms with Crippen molar-refractivity contribution in [1.29, 1.82) is 5.26 Å². The monoisotopic (exact) mass is 452 g/mol. The average Bonchev–Trinajstić information content (AvgIpc) is 3.41. The molecule has 5 rings (SSSR count). The van der Waals surface area contributed by atoms with Crippen LogP contribution in [0.2, 0.25) is 10.6 Å². The lowest BCUT2D eigenvalue weighted by atomic mass is 9.89. The third-order valence-corrected chi connectivity index (χ3v) is 8.82. The van der Waals surface area contributed by atoms with Gasteiger partial charge in [-0.2, -0.15) is 5.26 Å². The molecule has 162 valence electrons. The number of anilines is 1. The van der Waals surface area contributed by atoms with Crippen molar-refractivity contribution in [3.63, 3.8) is 0 Å². The molecule has 0 unspecified atom stereocenters. The van der Waals surface area contributed by atoms with Gasteiger partial charge in [-0.15, -0.1) is 0 Å². The first-order valence-electron chi connectivity index (χ1n) is 11.3. The molecule has 3 heterocycles. The van der Waals surface area contributed by atoms with Crippen LogP contribution in [0, 0.1) is 34.5 Å². The number of halogens is 1. The molecule has 0 spiro atoms. The van der Waals surface area contributed by atoms with Gasteiger partial charge in [-0.3, -0.25) is 4.79 Å². The fourth-order valence-electron chi connectivity index (χ4n) is 6.30. The number of pyridine rings is 1. The van der Waals surface area contributed by atoms with Crippen LogP contribution in [0.3, 0.4) is 0 Å². The van der Waals surface area contributed by atoms with Gasteiger partial charge in [0.2, 0.25) is 5.91 Å². The van der Waals surface area contributed by atoms with Crippen molar-refractivity contribution in [2.75, 3.05) is 5.32 Å². The molecule has 1 amide bonds. The third kappa shape index (κ3) is 3.72. The van der Waals surface area contributed by atoms with Gasteiger partial charge < -0.3 is 9.88 Å². The van der Waals surface area contributed by atoms with Crippen molar-refractivity contribution in [1.82, 2.24) is 9.55 Å². The number of amides is 1. The minimum atomic E-state index is 0.0843. The molecule has 5 nitrogen and oxygen atoms in total. The Morgan fingerprint density at radius 3 is 2.65 bits per heavy atom. The smallest absolute Gasteiger partial charge is 0.228 e. The summed E-state index contributed by atoms with van der Waals surface area (Å²) in [4.78, 5) is 17.3. The van der Waals surface area contributed by atoms with Crippen molar-refractivity contribution >= 4 is 33.6 Å². The second-order valence-electron chi connectivity index (χ2n) is 10.7. The van der Waals surface area contributed by atoms with Crippen LogP contribution < -0.4 is 5.32 Å². The van der Waals surface area contributed by atoms with E-state index < -0.39 is 0 Å². The Morgan fingerprint density at radius 1 is 1.26 bits per heavy atom. The van der Waals surface area contributed by atoms with E-state index in [2.05, 4.69) is 34.8 Å². The van der Waals surface area contributed by atoms with E-state index in [4.69, 9.17) is 11.6 Å². The van der Waals surface area contributed by atoms with Crippen molar-refractivity contribution in [3.8, 4) is 17.2 Å². The van der Waals surface area contributed by atoms with Gasteiger partial charge in [0.05, 0.1) is 5.02 Å². The first-order valence-corrected chi connectivity index (χ1v) is 12.9. The number of rotatable bonds is 3. The fourth-order valence-corrected chi connectivity index (χ4v) is 7.71. The number of nitrogens with zero attached hydrogens (tertiary/aromatic N) is 3. The molecule has 7 heteroatoms. The maximum absolute atomic E-state index is 13.0. The molecule has 1 N–H and O–H groups in total. The van der Waals surface area contributed by atoms with Crippen molar-refractivity contribution in [3.05, 3.63) is 34.7 Å². The van der Waals surface area contributed by atoms with Gasteiger partial charge in [-0.1, -0.05) is 43.8 Å². The quantitative estimate of drug-likeness (QED) is 0.710. The molecular weight excluding hydrogens is 424 g/mol. The molecule has 2 aromatic rings. The lowest BCUT2D eigenvalue weighted by Crippen LogP contribution is -2.22. The Bertz CT molecular complexity index is 1090. The molecule has 0 aromatic carbocycles. The van der Waals surface area contributed by atoms with Crippen LogP contribution >= 0.6 is 11.6 Å². The van der Waals surface area contributed by atoms with E-state index in [0.717, 1.165) is 60.0 Å². The summed E-state index contributed by atoms with van der Waals surface area (Å²) in [6.07, 6.45) is 7.17. The van der Waals surface area contributed by atoms with Gasteiger partial charge >= 0.3 is 0 Å². The number of nitrogens with one attached hydrogen (secondary N) is 1. The lowest BCUT2D eigenvalue weighted by Gasteiger charge is -2.16. The van der Waals surface area contributed by atoms with Gasteiger partial charge in [-0.05, 0) is 48.6 Å². The van der Waals surface area contributed by atoms with E-state index in [0.29, 0.717) is 16.5 Å². The first-order chi connectivity index (χ1) is 14.7. The summed E-state index contributed by atoms with van der Waals surface area (Å²) in [5.74, 6) is 2.20. The largest absolute Gasteiger partial charge is 0.335 e. The summed E-state index contributed by atoms with van der Waals surface area (Å²) < 4.78 is 2.10. The first kappa shape index (κ1) is 20.8. The highest BCUT2D eigenvalue weighted by Gasteiger charge is 2.42. The number of carbonyl (C=O) groups excluding carboxylic acids is 1. The van der Waals surface area contributed by atoms with Gasteiger partial charge in [0.15, 0.2) is 0 Å². The van der Waals surface area contributed by atoms with Crippen LogP contribution in [0.4, 0.5) is 5.82 Å². The Balaban J connectivity index is 1.39. The predicted octanol–water partition coefficient (Wildman–Crippen LogP) is 4.19. The van der Waals surface area contributed by atoms with E-state index in [1.807, 2.05) is 12.1 Å². The van der Waals surface area contributed by atoms with Crippen LogP contribution in [0.15, 0.2) is 18.3 Å². The normalized spacial score (nSPS) is 28.3. The average molecular weight is 453 g/mol. The van der Waals surface area contributed by atoms with Crippen LogP contribution in [-0.4, -0.2) is 25.7 Å². The molecule has 0 saturated heterocycles. The second-order valence-corrected chi connectivity index (χ2v) is 12.8. The molecule has 3 aliphatic rings. The standard InChI is InChI=1S/C24H29ClN4OSi/c1-24(2)9-21-19(7-16(10-26)29(21)12-24)18-8-22(27-11-20(18)25)28-23(30)15-3-13-5-17(31)6-14(13)4-15/h7-8,11,13-15,17H,3-6,9,12H2,1-2,31H3,(H,27,28,30)/t13-,14+,15+,17-. The van der Waals surface area contributed by atoms with E-state index in [-0.39, 0.29) is 17.2 Å². The van der Waals surface area contributed by atoms with Crippen LogP contribution in [0.5, 0.6) is 0 Å². The Labute approximate surface area is 191 Å². The topological polar surface area (TPSA) is 70.7 Å². The maximum Gasteiger partial charge on any atom is 0.228 e. The minimum absolute atomic E-state index is 0.0843. The number of fused-ring (bicyclic) bond motifs is 2. The second kappa shape index (κ2) is 7.49. The summed E-state index contributed by atoms with van der Waals surface area (Å²) in [5.41, 5.74) is 4.63. The van der Waals surface area contributed by atoms with E-state index in [1.54, 1.807) is 6.20 Å². The number of hydrogen-bond acceptors (Lipinski definition) is 3. The van der Waals surface area contributed by atoms with Crippen LogP contribution in [0.1, 0.15) is 50.9 Å². The van der Waals surface area contributed by atoms with Gasteiger partial charge in [0.1, 0.15) is 17.6 Å². The molecule has 2 saturated carbocycles. The number of carbonyl (C=O) groups is 1. The zero-order chi connectivity index (χ0) is 21.9. The van der Waals surface area contributed by atoms with E-state index >= 15 is 0 Å². The summed E-state index contributed by atoms with van der Waals surface area (Å²) in [6, 6.07) is 6.10.